The van der Waals surface area contributed by atoms with Crippen molar-refractivity contribution < 1.29 is 14.3 Å². The Hall–Kier alpha value is -2.82. The minimum absolute atomic E-state index is 0.151. The van der Waals surface area contributed by atoms with Crippen molar-refractivity contribution in [3.63, 3.8) is 0 Å². The van der Waals surface area contributed by atoms with Gasteiger partial charge in [-0.1, -0.05) is 26.0 Å². The van der Waals surface area contributed by atoms with E-state index in [2.05, 4.69) is 31.3 Å². The summed E-state index contributed by atoms with van der Waals surface area (Å²) in [6.45, 7) is 8.72. The highest BCUT2D eigenvalue weighted by Crippen LogP contribution is 2.28. The van der Waals surface area contributed by atoms with Crippen LogP contribution in [0.2, 0.25) is 0 Å². The van der Waals surface area contributed by atoms with Crippen molar-refractivity contribution in [3.05, 3.63) is 53.6 Å². The van der Waals surface area contributed by atoms with Crippen LogP contribution in [-0.2, 0) is 9.59 Å². The third kappa shape index (κ3) is 4.53. The number of hydrogen-bond acceptors (Lipinski definition) is 3. The molecule has 0 saturated carbocycles. The zero-order chi connectivity index (χ0) is 20.3. The van der Waals surface area contributed by atoms with E-state index in [-0.39, 0.29) is 11.8 Å². The molecule has 1 aliphatic rings. The number of carbonyl (C=O) groups is 2. The Balaban J connectivity index is 1.65. The minimum Gasteiger partial charge on any atom is -0.481 e. The Labute approximate surface area is 166 Å². The Morgan fingerprint density at radius 2 is 1.82 bits per heavy atom. The van der Waals surface area contributed by atoms with E-state index >= 15 is 0 Å². The second kappa shape index (κ2) is 8.46. The summed E-state index contributed by atoms with van der Waals surface area (Å²) in [5.74, 6) is 1.01. The van der Waals surface area contributed by atoms with Crippen LogP contribution in [0.1, 0.15) is 50.7 Å². The summed E-state index contributed by atoms with van der Waals surface area (Å²) in [6, 6.07) is 13.4. The molecule has 5 nitrogen and oxygen atoms in total. The summed E-state index contributed by atoms with van der Waals surface area (Å²) in [6.07, 6.45) is 0.868. The van der Waals surface area contributed by atoms with E-state index in [1.165, 1.54) is 0 Å². The summed E-state index contributed by atoms with van der Waals surface area (Å²) in [4.78, 5) is 26.2. The van der Waals surface area contributed by atoms with Crippen LogP contribution in [0.3, 0.4) is 0 Å². The molecule has 1 N–H and O–H groups in total. The lowest BCUT2D eigenvalue weighted by Gasteiger charge is -2.20. The number of rotatable bonds is 6. The van der Waals surface area contributed by atoms with Gasteiger partial charge in [-0.25, -0.2) is 0 Å². The normalized spacial score (nSPS) is 15.0. The zero-order valence-corrected chi connectivity index (χ0v) is 17.0. The van der Waals surface area contributed by atoms with E-state index in [0.717, 1.165) is 35.5 Å². The summed E-state index contributed by atoms with van der Waals surface area (Å²) in [5.41, 5.74) is 3.74. The Morgan fingerprint density at radius 3 is 2.43 bits per heavy atom. The first-order chi connectivity index (χ1) is 13.3. The van der Waals surface area contributed by atoms with Gasteiger partial charge in [0.2, 0.25) is 5.91 Å². The van der Waals surface area contributed by atoms with E-state index in [0.29, 0.717) is 18.0 Å². The van der Waals surface area contributed by atoms with Crippen molar-refractivity contribution in [2.45, 2.75) is 52.6 Å². The molecule has 0 aliphatic carbocycles. The van der Waals surface area contributed by atoms with Gasteiger partial charge in [0, 0.05) is 24.3 Å². The van der Waals surface area contributed by atoms with Gasteiger partial charge in [-0.05, 0) is 67.6 Å². The number of aryl methyl sites for hydroxylation is 1. The standard InChI is InChI=1S/C23H28N2O3/c1-15(2)20-12-7-16(3)14-21(20)28-17(4)23(27)24-18-8-10-19(11-9-18)25-13-5-6-22(25)26/h7-12,14-15,17H,5-6,13H2,1-4H3,(H,24,27)/t17-/m1/s1. The molecule has 1 heterocycles. The molecule has 148 valence electrons. The predicted octanol–water partition coefficient (Wildman–Crippen LogP) is 4.65. The largest absolute Gasteiger partial charge is 0.481 e. The molecule has 3 rings (SSSR count). The van der Waals surface area contributed by atoms with Gasteiger partial charge in [0.05, 0.1) is 0 Å². The van der Waals surface area contributed by atoms with E-state index in [1.54, 1.807) is 11.8 Å². The second-order valence-corrected chi connectivity index (χ2v) is 7.64. The molecule has 2 aromatic rings. The number of carbonyl (C=O) groups excluding carboxylic acids is 2. The Bertz CT molecular complexity index is 859. The van der Waals surface area contributed by atoms with Gasteiger partial charge in [0.25, 0.3) is 5.91 Å². The van der Waals surface area contributed by atoms with Crippen molar-refractivity contribution in [2.24, 2.45) is 0 Å². The highest BCUT2D eigenvalue weighted by atomic mass is 16.5. The van der Waals surface area contributed by atoms with Crippen LogP contribution in [0.25, 0.3) is 0 Å². The highest BCUT2D eigenvalue weighted by Gasteiger charge is 2.22. The van der Waals surface area contributed by atoms with Crippen LogP contribution in [0.4, 0.5) is 11.4 Å². The van der Waals surface area contributed by atoms with Crippen molar-refractivity contribution in [3.8, 4) is 5.75 Å². The van der Waals surface area contributed by atoms with Gasteiger partial charge < -0.3 is 15.0 Å². The van der Waals surface area contributed by atoms with Crippen molar-refractivity contribution in [1.82, 2.24) is 0 Å². The third-order valence-corrected chi connectivity index (χ3v) is 4.98. The second-order valence-electron chi connectivity index (χ2n) is 7.64. The fourth-order valence-electron chi connectivity index (χ4n) is 3.35. The summed E-state index contributed by atoms with van der Waals surface area (Å²) < 4.78 is 5.98. The number of nitrogens with one attached hydrogen (secondary N) is 1. The summed E-state index contributed by atoms with van der Waals surface area (Å²) >= 11 is 0. The molecular weight excluding hydrogens is 352 g/mol. The number of ether oxygens (including phenoxy) is 1. The first-order valence-electron chi connectivity index (χ1n) is 9.83. The quantitative estimate of drug-likeness (QED) is 0.793. The molecule has 0 radical (unpaired) electrons. The van der Waals surface area contributed by atoms with Gasteiger partial charge in [-0.15, -0.1) is 0 Å². The molecule has 2 amide bonds. The molecule has 1 atom stereocenters. The van der Waals surface area contributed by atoms with Crippen molar-refractivity contribution >= 4 is 23.2 Å². The molecule has 0 unspecified atom stereocenters. The smallest absolute Gasteiger partial charge is 0.265 e. The first-order valence-corrected chi connectivity index (χ1v) is 9.83. The van der Waals surface area contributed by atoms with E-state index in [9.17, 15) is 9.59 Å². The van der Waals surface area contributed by atoms with Gasteiger partial charge in [0.1, 0.15) is 5.75 Å². The molecule has 5 heteroatoms. The third-order valence-electron chi connectivity index (χ3n) is 4.98. The summed E-state index contributed by atoms with van der Waals surface area (Å²) in [5, 5.41) is 2.89. The van der Waals surface area contributed by atoms with Gasteiger partial charge >= 0.3 is 0 Å². The average molecular weight is 380 g/mol. The summed E-state index contributed by atoms with van der Waals surface area (Å²) in [7, 11) is 0. The molecule has 28 heavy (non-hydrogen) atoms. The number of benzene rings is 2. The molecule has 0 aromatic heterocycles. The molecular formula is C23H28N2O3. The molecule has 1 fully saturated rings. The molecule has 0 bridgehead atoms. The molecule has 2 aromatic carbocycles. The SMILES string of the molecule is Cc1ccc(C(C)C)c(O[C@H](C)C(=O)Nc2ccc(N3CCCC3=O)cc2)c1. The predicted molar refractivity (Wildman–Crippen MR) is 112 cm³/mol. The van der Waals surface area contributed by atoms with Crippen LogP contribution in [0.15, 0.2) is 42.5 Å². The van der Waals surface area contributed by atoms with E-state index in [1.807, 2.05) is 37.3 Å². The van der Waals surface area contributed by atoms with Gasteiger partial charge in [-0.3, -0.25) is 9.59 Å². The molecule has 1 saturated heterocycles. The topological polar surface area (TPSA) is 58.6 Å². The fourth-order valence-corrected chi connectivity index (χ4v) is 3.35. The van der Waals surface area contributed by atoms with E-state index in [4.69, 9.17) is 4.74 Å². The maximum atomic E-state index is 12.6. The van der Waals surface area contributed by atoms with Crippen LogP contribution in [0.5, 0.6) is 5.75 Å². The molecule has 0 spiro atoms. The Morgan fingerprint density at radius 1 is 1.11 bits per heavy atom. The monoisotopic (exact) mass is 380 g/mol. The number of nitrogens with zero attached hydrogens (tertiary/aromatic N) is 1. The van der Waals surface area contributed by atoms with Crippen molar-refractivity contribution in [2.75, 3.05) is 16.8 Å². The zero-order valence-electron chi connectivity index (χ0n) is 17.0. The van der Waals surface area contributed by atoms with Gasteiger partial charge in [0.15, 0.2) is 6.10 Å². The fraction of sp³-hybridized carbons (Fsp3) is 0.391. The lowest BCUT2D eigenvalue weighted by atomic mass is 10.0. The maximum Gasteiger partial charge on any atom is 0.265 e. The average Bonchev–Trinajstić information content (AvgIpc) is 3.08. The number of anilines is 2. The van der Waals surface area contributed by atoms with Crippen LogP contribution in [-0.4, -0.2) is 24.5 Å². The van der Waals surface area contributed by atoms with Gasteiger partial charge in [-0.2, -0.15) is 0 Å². The van der Waals surface area contributed by atoms with Crippen LogP contribution < -0.4 is 15.0 Å². The number of hydrogen-bond donors (Lipinski definition) is 1. The maximum absolute atomic E-state index is 12.6. The first kappa shape index (κ1) is 19.9. The van der Waals surface area contributed by atoms with Crippen LogP contribution >= 0.6 is 0 Å². The number of amides is 2. The van der Waals surface area contributed by atoms with Crippen molar-refractivity contribution in [1.29, 1.82) is 0 Å². The minimum atomic E-state index is -0.626. The lowest BCUT2D eigenvalue weighted by Crippen LogP contribution is -2.30. The highest BCUT2D eigenvalue weighted by molar-refractivity contribution is 5.96. The Kier molecular flexibility index (Phi) is 6.02. The lowest BCUT2D eigenvalue weighted by molar-refractivity contribution is -0.122. The van der Waals surface area contributed by atoms with Crippen LogP contribution in [0, 0.1) is 6.92 Å². The van der Waals surface area contributed by atoms with E-state index < -0.39 is 6.10 Å². The molecule has 1 aliphatic heterocycles.